The molecule has 0 heterocycles. The predicted molar refractivity (Wildman–Crippen MR) is 35.0 cm³/mol. The minimum atomic E-state index is -0.358. The average molecular weight is 162 g/mol. The molecule has 0 aromatic rings. The predicted octanol–water partition coefficient (Wildman–Crippen LogP) is 1.08. The summed E-state index contributed by atoms with van der Waals surface area (Å²) in [5.74, 6) is 2.73. The second kappa shape index (κ2) is 2.34. The molecule has 0 bridgehead atoms. The summed E-state index contributed by atoms with van der Waals surface area (Å²) in [5, 5.41) is 0. The van der Waals surface area contributed by atoms with Gasteiger partial charge in [0.1, 0.15) is 0 Å². The zero-order valence-corrected chi connectivity index (χ0v) is 6.04. The van der Waals surface area contributed by atoms with Gasteiger partial charge in [-0.05, 0) is 18.7 Å². The van der Waals surface area contributed by atoms with Crippen LogP contribution in [0.15, 0.2) is 0 Å². The van der Waals surface area contributed by atoms with E-state index < -0.39 is 0 Å². The van der Waals surface area contributed by atoms with E-state index in [1.54, 1.807) is 0 Å². The molecule has 7 heavy (non-hydrogen) atoms. The summed E-state index contributed by atoms with van der Waals surface area (Å²) in [6.07, 6.45) is 0. The van der Waals surface area contributed by atoms with Gasteiger partial charge in [-0.3, -0.25) is 0 Å². The first kappa shape index (κ1) is 7.00. The summed E-state index contributed by atoms with van der Waals surface area (Å²) in [7, 11) is 0. The molecule has 40 valence electrons. The first-order valence-electron chi connectivity index (χ1n) is 1.98. The fourth-order valence-electron chi connectivity index (χ4n) is 0.122. The van der Waals surface area contributed by atoms with Gasteiger partial charge in [-0.15, -0.1) is 0 Å². The zero-order chi connectivity index (χ0) is 5.91. The molecule has 2 N–H and O–H groups in total. The fourth-order valence-corrected chi connectivity index (χ4v) is 0.633. The molecule has 0 aromatic carbocycles. The molecule has 0 saturated carbocycles. The maximum absolute atomic E-state index is 5.44. The van der Waals surface area contributed by atoms with Crippen molar-refractivity contribution in [1.82, 2.24) is 0 Å². The summed E-state index contributed by atoms with van der Waals surface area (Å²) in [6.45, 7) is 3.70. The minimum Gasteiger partial charge on any atom is -0.316 e. The lowest BCUT2D eigenvalue weighted by atomic mass is 10.1. The van der Waals surface area contributed by atoms with Crippen molar-refractivity contribution >= 4 is 15.9 Å². The van der Waals surface area contributed by atoms with Crippen molar-refractivity contribution in [2.75, 3.05) is 0 Å². The Morgan fingerprint density at radius 1 is 1.57 bits per heavy atom. The molecular formula is C5H8BrN. The number of rotatable bonds is 0. The lowest BCUT2D eigenvalue weighted by molar-refractivity contribution is 0.681. The van der Waals surface area contributed by atoms with Crippen LogP contribution in [0.3, 0.4) is 0 Å². The van der Waals surface area contributed by atoms with E-state index >= 15 is 0 Å². The third-order valence-electron chi connectivity index (χ3n) is 0.369. The van der Waals surface area contributed by atoms with E-state index in [2.05, 4.69) is 26.7 Å². The molecular weight excluding hydrogens is 154 g/mol. The Balaban J connectivity index is 3.72. The highest BCUT2D eigenvalue weighted by Crippen LogP contribution is 1.91. The number of hydrogen-bond donors (Lipinski definition) is 1. The Morgan fingerprint density at radius 3 is 2.00 bits per heavy atom. The van der Waals surface area contributed by atoms with Crippen LogP contribution in [0.25, 0.3) is 0 Å². The molecule has 1 nitrogen and oxygen atoms in total. The normalized spacial score (nSPS) is 9.71. The van der Waals surface area contributed by atoms with Crippen LogP contribution in [0.1, 0.15) is 13.8 Å². The van der Waals surface area contributed by atoms with Crippen LogP contribution in [-0.2, 0) is 0 Å². The minimum absolute atomic E-state index is 0.358. The fraction of sp³-hybridized carbons (Fsp3) is 0.600. The van der Waals surface area contributed by atoms with Gasteiger partial charge in [0, 0.05) is 15.9 Å². The van der Waals surface area contributed by atoms with E-state index in [0.717, 1.165) is 0 Å². The highest BCUT2D eigenvalue weighted by atomic mass is 79.9. The van der Waals surface area contributed by atoms with Gasteiger partial charge in [-0.25, -0.2) is 0 Å². The van der Waals surface area contributed by atoms with Crippen LogP contribution in [0.4, 0.5) is 0 Å². The third-order valence-corrected chi connectivity index (χ3v) is 0.568. The molecule has 0 aromatic heterocycles. The number of halogens is 1. The van der Waals surface area contributed by atoms with E-state index in [4.69, 9.17) is 5.73 Å². The van der Waals surface area contributed by atoms with Gasteiger partial charge in [0.15, 0.2) is 0 Å². The molecule has 0 amide bonds. The molecule has 0 atom stereocenters. The lowest BCUT2D eigenvalue weighted by Gasteiger charge is -2.05. The second-order valence-electron chi connectivity index (χ2n) is 1.94. The van der Waals surface area contributed by atoms with Crippen molar-refractivity contribution in [2.45, 2.75) is 19.4 Å². The van der Waals surface area contributed by atoms with Crippen LogP contribution in [0, 0.1) is 10.8 Å². The molecule has 0 unspecified atom stereocenters. The molecule has 0 rings (SSSR count). The third kappa shape index (κ3) is 6.00. The maximum atomic E-state index is 5.44. The van der Waals surface area contributed by atoms with Gasteiger partial charge < -0.3 is 5.73 Å². The molecule has 0 spiro atoms. The Morgan fingerprint density at radius 2 is 2.00 bits per heavy atom. The van der Waals surface area contributed by atoms with Crippen LogP contribution in [-0.4, -0.2) is 5.54 Å². The van der Waals surface area contributed by atoms with Gasteiger partial charge in [-0.2, -0.15) is 0 Å². The molecule has 0 saturated heterocycles. The first-order valence-corrected chi connectivity index (χ1v) is 2.77. The van der Waals surface area contributed by atoms with Crippen molar-refractivity contribution in [1.29, 1.82) is 0 Å². The lowest BCUT2D eigenvalue weighted by Crippen LogP contribution is -2.29. The smallest absolute Gasteiger partial charge is 0.0728 e. The Hall–Kier alpha value is 0. The van der Waals surface area contributed by atoms with Crippen LogP contribution in [0.5, 0.6) is 0 Å². The van der Waals surface area contributed by atoms with Crippen molar-refractivity contribution < 1.29 is 0 Å². The largest absolute Gasteiger partial charge is 0.316 e. The standard InChI is InChI=1S/C5H8BrN/c1-5(2,7)3-4-6/h7H2,1-2H3. The van der Waals surface area contributed by atoms with Crippen molar-refractivity contribution in [3.63, 3.8) is 0 Å². The summed E-state index contributed by atoms with van der Waals surface area (Å²) in [5.41, 5.74) is 5.08. The molecule has 0 radical (unpaired) electrons. The van der Waals surface area contributed by atoms with E-state index in [1.165, 1.54) is 0 Å². The number of nitrogens with two attached hydrogens (primary N) is 1. The molecule has 0 fully saturated rings. The van der Waals surface area contributed by atoms with Gasteiger partial charge in [-0.1, -0.05) is 5.92 Å². The van der Waals surface area contributed by atoms with Gasteiger partial charge in [0.2, 0.25) is 0 Å². The van der Waals surface area contributed by atoms with Crippen LogP contribution >= 0.6 is 15.9 Å². The van der Waals surface area contributed by atoms with Crippen molar-refractivity contribution in [2.24, 2.45) is 5.73 Å². The molecule has 2 heteroatoms. The Kier molecular flexibility index (Phi) is 2.34. The topological polar surface area (TPSA) is 26.0 Å². The highest BCUT2D eigenvalue weighted by molar-refractivity contribution is 9.12. The Labute approximate surface area is 52.4 Å². The van der Waals surface area contributed by atoms with Crippen molar-refractivity contribution in [3.05, 3.63) is 0 Å². The summed E-state index contributed by atoms with van der Waals surface area (Å²) < 4.78 is 0. The van der Waals surface area contributed by atoms with E-state index in [9.17, 15) is 0 Å². The summed E-state index contributed by atoms with van der Waals surface area (Å²) in [4.78, 5) is 2.55. The van der Waals surface area contributed by atoms with Crippen LogP contribution < -0.4 is 5.73 Å². The van der Waals surface area contributed by atoms with Gasteiger partial charge >= 0.3 is 0 Å². The summed E-state index contributed by atoms with van der Waals surface area (Å²) >= 11 is 2.94. The first-order chi connectivity index (χ1) is 3.06. The van der Waals surface area contributed by atoms with Gasteiger partial charge in [0.05, 0.1) is 5.54 Å². The number of hydrogen-bond acceptors (Lipinski definition) is 1. The van der Waals surface area contributed by atoms with Gasteiger partial charge in [0.25, 0.3) is 0 Å². The maximum Gasteiger partial charge on any atom is 0.0728 e. The highest BCUT2D eigenvalue weighted by Gasteiger charge is 2.02. The average Bonchev–Trinajstić information content (AvgIpc) is 1.30. The molecule has 0 aliphatic heterocycles. The zero-order valence-electron chi connectivity index (χ0n) is 4.46. The van der Waals surface area contributed by atoms with E-state index in [-0.39, 0.29) is 5.54 Å². The monoisotopic (exact) mass is 161 g/mol. The molecule has 0 aliphatic rings. The van der Waals surface area contributed by atoms with Crippen LogP contribution in [0.2, 0.25) is 0 Å². The quantitative estimate of drug-likeness (QED) is 0.530. The second-order valence-corrected chi connectivity index (χ2v) is 2.34. The van der Waals surface area contributed by atoms with E-state index in [1.807, 2.05) is 13.8 Å². The van der Waals surface area contributed by atoms with Crippen molar-refractivity contribution in [3.8, 4) is 10.8 Å². The Bertz CT molecular complexity index is 101. The molecule has 0 aliphatic carbocycles. The summed E-state index contributed by atoms with van der Waals surface area (Å²) in [6, 6.07) is 0. The van der Waals surface area contributed by atoms with E-state index in [0.29, 0.717) is 0 Å². The SMILES string of the molecule is CC(C)(N)C#CBr.